The predicted molar refractivity (Wildman–Crippen MR) is 115 cm³/mol. The molecule has 2 aromatic heterocycles. The number of nitrogens with zero attached hydrogens (tertiary/aromatic N) is 4. The Morgan fingerprint density at radius 2 is 2.06 bits per heavy atom. The molecule has 2 bridgehead atoms. The fourth-order valence-corrected chi connectivity index (χ4v) is 5.75. The summed E-state index contributed by atoms with van der Waals surface area (Å²) in [4.78, 5) is 30.0. The van der Waals surface area contributed by atoms with Gasteiger partial charge in [0.1, 0.15) is 0 Å². The summed E-state index contributed by atoms with van der Waals surface area (Å²) in [5.41, 5.74) is 3.29. The highest BCUT2D eigenvalue weighted by atomic mass is 16.5. The van der Waals surface area contributed by atoms with Gasteiger partial charge in [0.15, 0.2) is 0 Å². The van der Waals surface area contributed by atoms with Crippen LogP contribution in [0.15, 0.2) is 29.2 Å². The highest BCUT2D eigenvalue weighted by Gasteiger charge is 2.35. The molecule has 0 unspecified atom stereocenters. The summed E-state index contributed by atoms with van der Waals surface area (Å²) in [6.45, 7) is 5.85. The molecule has 2 saturated heterocycles. The van der Waals surface area contributed by atoms with Crippen LogP contribution in [0.5, 0.6) is 0 Å². The molecule has 5 rings (SSSR count). The summed E-state index contributed by atoms with van der Waals surface area (Å²) in [6.07, 6.45) is 4.78. The predicted octanol–water partition coefficient (Wildman–Crippen LogP) is 1.58. The minimum absolute atomic E-state index is 0.0839. The van der Waals surface area contributed by atoms with Crippen molar-refractivity contribution in [3.63, 3.8) is 0 Å². The third-order valence-corrected chi connectivity index (χ3v) is 7.15. The Hall–Kier alpha value is -2.45. The number of rotatable bonds is 5. The first-order valence-electron chi connectivity index (χ1n) is 11.3. The topological polar surface area (TPSA) is 83.5 Å². The van der Waals surface area contributed by atoms with Gasteiger partial charge >= 0.3 is 5.97 Å². The van der Waals surface area contributed by atoms with Crippen molar-refractivity contribution in [1.82, 2.24) is 24.6 Å². The number of piperidine rings is 2. The van der Waals surface area contributed by atoms with Gasteiger partial charge in [0.25, 0.3) is 5.56 Å². The van der Waals surface area contributed by atoms with Crippen LogP contribution in [0.3, 0.4) is 0 Å². The van der Waals surface area contributed by atoms with Gasteiger partial charge in [0, 0.05) is 68.3 Å². The van der Waals surface area contributed by atoms with E-state index in [9.17, 15) is 9.59 Å². The molecule has 3 aliphatic heterocycles. The number of esters is 1. The van der Waals surface area contributed by atoms with Gasteiger partial charge in [0.05, 0.1) is 13.0 Å². The van der Waals surface area contributed by atoms with Gasteiger partial charge < -0.3 is 9.30 Å². The van der Waals surface area contributed by atoms with E-state index in [1.54, 1.807) is 6.20 Å². The van der Waals surface area contributed by atoms with Crippen molar-refractivity contribution in [2.45, 2.75) is 44.8 Å². The molecule has 31 heavy (non-hydrogen) atoms. The van der Waals surface area contributed by atoms with Crippen LogP contribution in [0, 0.1) is 11.8 Å². The van der Waals surface area contributed by atoms with Crippen LogP contribution in [0.4, 0.5) is 0 Å². The Morgan fingerprint density at radius 3 is 2.87 bits per heavy atom. The summed E-state index contributed by atoms with van der Waals surface area (Å²) < 4.78 is 6.96. The molecule has 0 aromatic carbocycles. The summed E-state index contributed by atoms with van der Waals surface area (Å²) in [7, 11) is 1.45. The second-order valence-electron chi connectivity index (χ2n) is 9.37. The number of pyridine rings is 1. The van der Waals surface area contributed by atoms with E-state index < -0.39 is 0 Å². The Kier molecular flexibility index (Phi) is 5.67. The van der Waals surface area contributed by atoms with Gasteiger partial charge in [-0.05, 0) is 43.9 Å². The molecule has 0 radical (unpaired) electrons. The van der Waals surface area contributed by atoms with Crippen LogP contribution in [-0.4, -0.2) is 63.8 Å². The van der Waals surface area contributed by atoms with Crippen LogP contribution in [0.2, 0.25) is 0 Å². The van der Waals surface area contributed by atoms with Crippen molar-refractivity contribution in [1.29, 1.82) is 0 Å². The summed E-state index contributed by atoms with van der Waals surface area (Å²) in [6, 6.07) is 6.21. The lowest BCUT2D eigenvalue weighted by molar-refractivity contribution is -0.147. The third kappa shape index (κ3) is 4.19. The molecule has 2 aromatic rings. The van der Waals surface area contributed by atoms with Crippen molar-refractivity contribution in [2.75, 3.05) is 33.3 Å². The zero-order valence-electron chi connectivity index (χ0n) is 18.1. The molecule has 0 spiro atoms. The number of likely N-dealkylation sites (tertiary alicyclic amines) is 2. The SMILES string of the molecule is COC(=O)[C@@H]1CCCN(Cc2ccc3n(c2=O)C[C@H]2C[C@@H]3CN(Cc3ccn[nH]3)C2)C1. The van der Waals surface area contributed by atoms with E-state index in [1.807, 2.05) is 16.7 Å². The van der Waals surface area contributed by atoms with E-state index >= 15 is 0 Å². The average molecular weight is 426 g/mol. The molecule has 5 heterocycles. The zero-order chi connectivity index (χ0) is 21.4. The Balaban J connectivity index is 1.30. The number of methoxy groups -OCH3 is 1. The van der Waals surface area contributed by atoms with Crippen LogP contribution >= 0.6 is 0 Å². The van der Waals surface area contributed by atoms with Crippen molar-refractivity contribution in [2.24, 2.45) is 11.8 Å². The quantitative estimate of drug-likeness (QED) is 0.733. The van der Waals surface area contributed by atoms with Gasteiger partial charge in [-0.15, -0.1) is 0 Å². The molecule has 2 fully saturated rings. The maximum Gasteiger partial charge on any atom is 0.309 e. The first kappa shape index (κ1) is 20.5. The zero-order valence-corrected chi connectivity index (χ0v) is 18.1. The number of ether oxygens (including phenoxy) is 1. The number of aromatic amines is 1. The van der Waals surface area contributed by atoms with Gasteiger partial charge in [-0.3, -0.25) is 24.5 Å². The molecular formula is C23H31N5O3. The number of hydrogen-bond donors (Lipinski definition) is 1. The minimum Gasteiger partial charge on any atom is -0.469 e. The molecule has 1 N–H and O–H groups in total. The van der Waals surface area contributed by atoms with Crippen molar-refractivity contribution in [3.05, 3.63) is 51.7 Å². The largest absolute Gasteiger partial charge is 0.469 e. The van der Waals surface area contributed by atoms with Gasteiger partial charge in [-0.25, -0.2) is 0 Å². The van der Waals surface area contributed by atoms with E-state index in [0.29, 0.717) is 24.9 Å². The van der Waals surface area contributed by atoms with Crippen LogP contribution in [0.25, 0.3) is 0 Å². The van der Waals surface area contributed by atoms with Crippen molar-refractivity contribution in [3.8, 4) is 0 Å². The number of aromatic nitrogens is 3. The van der Waals surface area contributed by atoms with E-state index in [0.717, 1.165) is 63.2 Å². The fraction of sp³-hybridized carbons (Fsp3) is 0.609. The molecule has 0 aliphatic carbocycles. The Labute approximate surface area is 182 Å². The lowest BCUT2D eigenvalue weighted by atomic mass is 9.83. The molecule has 0 amide bonds. The van der Waals surface area contributed by atoms with Crippen molar-refractivity contribution < 1.29 is 9.53 Å². The molecular weight excluding hydrogens is 394 g/mol. The van der Waals surface area contributed by atoms with Crippen LogP contribution < -0.4 is 5.56 Å². The molecule has 8 heteroatoms. The lowest BCUT2D eigenvalue weighted by Crippen LogP contribution is -2.47. The molecule has 166 valence electrons. The molecule has 3 aliphatic rings. The van der Waals surface area contributed by atoms with E-state index in [4.69, 9.17) is 4.74 Å². The Bertz CT molecular complexity index is 986. The number of carbonyl (C=O) groups excluding carboxylic acids is 1. The number of fused-ring (bicyclic) bond motifs is 4. The number of H-pyrrole nitrogens is 1. The number of carbonyl (C=O) groups is 1. The highest BCUT2D eigenvalue weighted by molar-refractivity contribution is 5.72. The van der Waals surface area contributed by atoms with Gasteiger partial charge in [0.2, 0.25) is 0 Å². The standard InChI is InChI=1S/C23H31N5O3/c1-31-23(30)18-3-2-8-26(13-18)12-17-4-5-21-19-9-16(11-28(21)22(17)29)10-27(14-19)15-20-6-7-24-25-20/h4-7,16,18-19H,2-3,8-15H2,1H3,(H,24,25)/t16-,18+,19+/m0/s1. The monoisotopic (exact) mass is 425 g/mol. The first-order chi connectivity index (χ1) is 15.1. The smallest absolute Gasteiger partial charge is 0.309 e. The molecule has 3 atom stereocenters. The average Bonchev–Trinajstić information content (AvgIpc) is 3.28. The first-order valence-corrected chi connectivity index (χ1v) is 11.3. The van der Waals surface area contributed by atoms with E-state index in [2.05, 4.69) is 26.1 Å². The lowest BCUT2D eigenvalue weighted by Gasteiger charge is -2.43. The number of hydrogen-bond acceptors (Lipinski definition) is 6. The second kappa shape index (κ2) is 8.59. The van der Waals surface area contributed by atoms with Gasteiger partial charge in [-0.2, -0.15) is 5.10 Å². The van der Waals surface area contributed by atoms with Gasteiger partial charge in [-0.1, -0.05) is 6.07 Å². The van der Waals surface area contributed by atoms with Crippen LogP contribution in [0.1, 0.15) is 42.1 Å². The van der Waals surface area contributed by atoms with Crippen molar-refractivity contribution >= 4 is 5.97 Å². The maximum atomic E-state index is 13.3. The Morgan fingerprint density at radius 1 is 1.16 bits per heavy atom. The summed E-state index contributed by atoms with van der Waals surface area (Å²) >= 11 is 0. The maximum absolute atomic E-state index is 13.3. The second-order valence-corrected chi connectivity index (χ2v) is 9.37. The fourth-order valence-electron chi connectivity index (χ4n) is 5.75. The van der Waals surface area contributed by atoms with E-state index in [-0.39, 0.29) is 17.4 Å². The summed E-state index contributed by atoms with van der Waals surface area (Å²) in [5.74, 6) is 0.676. The third-order valence-electron chi connectivity index (χ3n) is 7.15. The summed E-state index contributed by atoms with van der Waals surface area (Å²) in [5, 5.41) is 7.12. The van der Waals surface area contributed by atoms with E-state index in [1.165, 1.54) is 12.8 Å². The minimum atomic E-state index is -0.139. The van der Waals surface area contributed by atoms with Crippen LogP contribution in [-0.2, 0) is 29.2 Å². The molecule has 0 saturated carbocycles. The highest BCUT2D eigenvalue weighted by Crippen LogP contribution is 2.35. The number of nitrogens with one attached hydrogen (secondary N) is 1. The normalized spacial score (nSPS) is 26.4. The molecule has 8 nitrogen and oxygen atoms in total.